The number of rotatable bonds is 4. The smallest absolute Gasteiger partial charge is 0.140 e. The molecule has 0 aliphatic heterocycles. The Kier molecular flexibility index (Phi) is 3.67. The van der Waals surface area contributed by atoms with Crippen LogP contribution >= 0.6 is 11.3 Å². The zero-order valence-corrected chi connectivity index (χ0v) is 11.9. The number of nitrogens with zero attached hydrogens (tertiary/aromatic N) is 1. The van der Waals surface area contributed by atoms with Crippen molar-refractivity contribution in [3.05, 3.63) is 59.1 Å². The monoisotopic (exact) mass is 285 g/mol. The molecule has 4 heteroatoms. The summed E-state index contributed by atoms with van der Waals surface area (Å²) in [6.07, 6.45) is -0.451. The van der Waals surface area contributed by atoms with Crippen LogP contribution in [0.15, 0.2) is 48.5 Å². The molecule has 2 aromatic carbocycles. The number of hydrogen-bond acceptors (Lipinski definition) is 4. The lowest BCUT2D eigenvalue weighted by atomic mass is 10.1. The number of aliphatic hydroxyl groups excluding tert-OH is 1. The van der Waals surface area contributed by atoms with Gasteiger partial charge in [0, 0.05) is 0 Å². The van der Waals surface area contributed by atoms with Crippen LogP contribution in [0.5, 0.6) is 5.75 Å². The van der Waals surface area contributed by atoms with E-state index in [1.165, 1.54) is 4.70 Å². The molecule has 0 saturated carbocycles. The van der Waals surface area contributed by atoms with E-state index in [1.807, 2.05) is 42.5 Å². The second-order valence-electron chi connectivity index (χ2n) is 4.61. The molecule has 102 valence electrons. The highest BCUT2D eigenvalue weighted by Gasteiger charge is 2.05. The van der Waals surface area contributed by atoms with Crippen LogP contribution in [-0.4, -0.2) is 10.1 Å². The molecule has 3 rings (SSSR count). The fourth-order valence-corrected chi connectivity index (χ4v) is 2.85. The van der Waals surface area contributed by atoms with Crippen LogP contribution in [0.25, 0.3) is 10.2 Å². The maximum absolute atomic E-state index is 9.45. The Morgan fingerprint density at radius 2 is 1.90 bits per heavy atom. The first-order chi connectivity index (χ1) is 9.72. The molecular formula is C16H15NO2S. The first-order valence-corrected chi connectivity index (χ1v) is 7.29. The van der Waals surface area contributed by atoms with Gasteiger partial charge in [0.15, 0.2) is 0 Å². The summed E-state index contributed by atoms with van der Waals surface area (Å²) in [5, 5.41) is 10.4. The van der Waals surface area contributed by atoms with Gasteiger partial charge in [-0.05, 0) is 36.8 Å². The van der Waals surface area contributed by atoms with Gasteiger partial charge < -0.3 is 9.84 Å². The van der Waals surface area contributed by atoms with E-state index in [4.69, 9.17) is 4.74 Å². The van der Waals surface area contributed by atoms with Crippen molar-refractivity contribution >= 4 is 21.6 Å². The summed E-state index contributed by atoms with van der Waals surface area (Å²) in [6, 6.07) is 15.6. The predicted molar refractivity (Wildman–Crippen MR) is 81.0 cm³/mol. The standard InChI is InChI=1S/C16H15NO2S/c1-11(18)12-6-8-13(9-7-12)19-10-16-17-14-4-2-3-5-15(14)20-16/h2-9,11,18H,10H2,1H3/t11-/m0/s1. The molecule has 0 spiro atoms. The van der Waals surface area contributed by atoms with Gasteiger partial charge in [-0.2, -0.15) is 0 Å². The second-order valence-corrected chi connectivity index (χ2v) is 5.72. The molecule has 1 heterocycles. The number of aromatic nitrogens is 1. The number of ether oxygens (including phenoxy) is 1. The lowest BCUT2D eigenvalue weighted by molar-refractivity contribution is 0.199. The van der Waals surface area contributed by atoms with Crippen LogP contribution in [0.2, 0.25) is 0 Å². The van der Waals surface area contributed by atoms with Crippen LogP contribution in [0.3, 0.4) is 0 Å². The molecule has 0 fully saturated rings. The molecule has 1 aromatic heterocycles. The van der Waals surface area contributed by atoms with Crippen LogP contribution < -0.4 is 4.74 Å². The van der Waals surface area contributed by atoms with Crippen LogP contribution in [0.4, 0.5) is 0 Å². The van der Waals surface area contributed by atoms with E-state index in [0.29, 0.717) is 6.61 Å². The first kappa shape index (κ1) is 13.1. The minimum atomic E-state index is -0.451. The molecule has 1 N–H and O–H groups in total. The minimum Gasteiger partial charge on any atom is -0.486 e. The fourth-order valence-electron chi connectivity index (χ4n) is 1.97. The second kappa shape index (κ2) is 5.61. The maximum atomic E-state index is 9.45. The Balaban J connectivity index is 1.69. The van der Waals surface area contributed by atoms with Gasteiger partial charge in [0.05, 0.1) is 16.3 Å². The van der Waals surface area contributed by atoms with Crippen molar-refractivity contribution in [2.75, 3.05) is 0 Å². The van der Waals surface area contributed by atoms with Crippen LogP contribution in [0.1, 0.15) is 23.6 Å². The molecule has 0 saturated heterocycles. The van der Waals surface area contributed by atoms with E-state index in [0.717, 1.165) is 21.8 Å². The lowest BCUT2D eigenvalue weighted by Gasteiger charge is -2.07. The average Bonchev–Trinajstić information content (AvgIpc) is 2.88. The molecule has 0 aliphatic rings. The third-order valence-electron chi connectivity index (χ3n) is 3.06. The van der Waals surface area contributed by atoms with Gasteiger partial charge in [0.25, 0.3) is 0 Å². The molecule has 0 radical (unpaired) electrons. The number of aliphatic hydroxyl groups is 1. The number of thiazole rings is 1. The Hall–Kier alpha value is -1.91. The zero-order chi connectivity index (χ0) is 13.9. The molecule has 0 unspecified atom stereocenters. The van der Waals surface area contributed by atoms with Crippen molar-refractivity contribution in [2.24, 2.45) is 0 Å². The average molecular weight is 285 g/mol. The van der Waals surface area contributed by atoms with E-state index >= 15 is 0 Å². The van der Waals surface area contributed by atoms with E-state index in [9.17, 15) is 5.11 Å². The van der Waals surface area contributed by atoms with E-state index < -0.39 is 6.10 Å². The molecule has 0 aliphatic carbocycles. The first-order valence-electron chi connectivity index (χ1n) is 6.47. The topological polar surface area (TPSA) is 42.4 Å². The van der Waals surface area contributed by atoms with Gasteiger partial charge in [-0.3, -0.25) is 0 Å². The highest BCUT2D eigenvalue weighted by atomic mass is 32.1. The van der Waals surface area contributed by atoms with Gasteiger partial charge in [0.1, 0.15) is 17.4 Å². The number of hydrogen-bond donors (Lipinski definition) is 1. The number of fused-ring (bicyclic) bond motifs is 1. The SMILES string of the molecule is C[C@H](O)c1ccc(OCc2nc3ccccc3s2)cc1. The third kappa shape index (κ3) is 2.81. The van der Waals surface area contributed by atoms with Crippen LogP contribution in [-0.2, 0) is 6.61 Å². The summed E-state index contributed by atoms with van der Waals surface area (Å²) >= 11 is 1.65. The molecule has 3 nitrogen and oxygen atoms in total. The van der Waals surface area contributed by atoms with Gasteiger partial charge in [-0.1, -0.05) is 24.3 Å². The molecule has 20 heavy (non-hydrogen) atoms. The Morgan fingerprint density at radius 1 is 1.15 bits per heavy atom. The quantitative estimate of drug-likeness (QED) is 0.789. The third-order valence-corrected chi connectivity index (χ3v) is 4.07. The number of para-hydroxylation sites is 1. The van der Waals surface area contributed by atoms with Crippen molar-refractivity contribution in [1.29, 1.82) is 0 Å². The predicted octanol–water partition coefficient (Wildman–Crippen LogP) is 3.93. The Labute approximate surface area is 121 Å². The normalized spacial score (nSPS) is 12.5. The van der Waals surface area contributed by atoms with Gasteiger partial charge >= 0.3 is 0 Å². The van der Waals surface area contributed by atoms with E-state index in [2.05, 4.69) is 11.1 Å². The summed E-state index contributed by atoms with van der Waals surface area (Å²) in [5.74, 6) is 0.786. The Morgan fingerprint density at radius 3 is 2.60 bits per heavy atom. The number of benzene rings is 2. The summed E-state index contributed by atoms with van der Waals surface area (Å²) in [6.45, 7) is 2.21. The van der Waals surface area contributed by atoms with E-state index in [1.54, 1.807) is 18.3 Å². The fraction of sp³-hybridized carbons (Fsp3) is 0.188. The van der Waals surface area contributed by atoms with Crippen molar-refractivity contribution < 1.29 is 9.84 Å². The summed E-state index contributed by atoms with van der Waals surface area (Å²) in [4.78, 5) is 4.53. The van der Waals surface area contributed by atoms with Gasteiger partial charge in [-0.15, -0.1) is 11.3 Å². The van der Waals surface area contributed by atoms with Gasteiger partial charge in [-0.25, -0.2) is 4.98 Å². The van der Waals surface area contributed by atoms with Crippen molar-refractivity contribution in [3.63, 3.8) is 0 Å². The van der Waals surface area contributed by atoms with Crippen molar-refractivity contribution in [3.8, 4) is 5.75 Å². The summed E-state index contributed by atoms with van der Waals surface area (Å²) < 4.78 is 6.90. The maximum Gasteiger partial charge on any atom is 0.140 e. The Bertz CT molecular complexity index is 671. The lowest BCUT2D eigenvalue weighted by Crippen LogP contribution is -1.95. The molecular weight excluding hydrogens is 270 g/mol. The zero-order valence-electron chi connectivity index (χ0n) is 11.1. The molecule has 0 bridgehead atoms. The highest BCUT2D eigenvalue weighted by Crippen LogP contribution is 2.23. The van der Waals surface area contributed by atoms with Crippen LogP contribution in [0, 0.1) is 0 Å². The molecule has 3 aromatic rings. The molecule has 0 amide bonds. The van der Waals surface area contributed by atoms with Crippen molar-refractivity contribution in [2.45, 2.75) is 19.6 Å². The highest BCUT2D eigenvalue weighted by molar-refractivity contribution is 7.18. The van der Waals surface area contributed by atoms with Gasteiger partial charge in [0.2, 0.25) is 0 Å². The van der Waals surface area contributed by atoms with E-state index in [-0.39, 0.29) is 0 Å². The largest absolute Gasteiger partial charge is 0.486 e. The summed E-state index contributed by atoms with van der Waals surface area (Å²) in [7, 11) is 0. The van der Waals surface area contributed by atoms with Crippen molar-refractivity contribution in [1.82, 2.24) is 4.98 Å². The molecule has 1 atom stereocenters. The summed E-state index contributed by atoms with van der Waals surface area (Å²) in [5.41, 5.74) is 1.90. The minimum absolute atomic E-state index is 0.451.